The molecule has 0 amide bonds. The monoisotopic (exact) mass is 252 g/mol. The van der Waals surface area contributed by atoms with E-state index < -0.39 is 0 Å². The van der Waals surface area contributed by atoms with Gasteiger partial charge in [0.25, 0.3) is 5.69 Å². The zero-order valence-corrected chi connectivity index (χ0v) is 11.0. The lowest BCUT2D eigenvalue weighted by Gasteiger charge is -2.22. The lowest BCUT2D eigenvalue weighted by atomic mass is 10.0. The molecule has 1 atom stereocenters. The Morgan fingerprint density at radius 2 is 2.11 bits per heavy atom. The van der Waals surface area contributed by atoms with Crippen LogP contribution in [0.25, 0.3) is 0 Å². The predicted octanol–water partition coefficient (Wildman–Crippen LogP) is 2.72. The van der Waals surface area contributed by atoms with Crippen LogP contribution in [0.4, 0.5) is 11.4 Å². The second kappa shape index (κ2) is 6.35. The number of nitro groups is 1. The van der Waals surface area contributed by atoms with Gasteiger partial charge in [0.15, 0.2) is 0 Å². The van der Waals surface area contributed by atoms with Gasteiger partial charge in [0.2, 0.25) is 0 Å². The van der Waals surface area contributed by atoms with Crippen molar-refractivity contribution in [2.24, 2.45) is 5.92 Å². The summed E-state index contributed by atoms with van der Waals surface area (Å²) in [7, 11) is 0. The van der Waals surface area contributed by atoms with Crippen LogP contribution in [-0.4, -0.2) is 22.7 Å². The van der Waals surface area contributed by atoms with Crippen LogP contribution >= 0.6 is 0 Å². The molecule has 0 bridgehead atoms. The molecule has 0 aliphatic rings. The number of nitrogens with one attached hydrogen (secondary N) is 1. The van der Waals surface area contributed by atoms with Gasteiger partial charge in [-0.1, -0.05) is 19.9 Å². The van der Waals surface area contributed by atoms with Gasteiger partial charge in [0.05, 0.1) is 4.92 Å². The minimum atomic E-state index is -0.378. The van der Waals surface area contributed by atoms with Gasteiger partial charge >= 0.3 is 0 Å². The normalized spacial score (nSPS) is 12.5. The van der Waals surface area contributed by atoms with E-state index in [9.17, 15) is 10.1 Å². The largest absolute Gasteiger partial charge is 0.396 e. The standard InChI is InChI=1S/C13H20N2O3/c1-9(2)12(6-7-16)14-11-5-4-10(3)13(8-11)15(17)18/h4-5,8-9,12,14,16H,6-7H2,1-3H3. The van der Waals surface area contributed by atoms with Crippen LogP contribution in [0.3, 0.4) is 0 Å². The van der Waals surface area contributed by atoms with Gasteiger partial charge in [0.1, 0.15) is 0 Å². The molecule has 1 aromatic carbocycles. The van der Waals surface area contributed by atoms with Crippen LogP contribution < -0.4 is 5.32 Å². The zero-order valence-electron chi connectivity index (χ0n) is 11.0. The average Bonchev–Trinajstić information content (AvgIpc) is 2.30. The molecule has 0 heterocycles. The van der Waals surface area contributed by atoms with Crippen molar-refractivity contribution in [2.45, 2.75) is 33.2 Å². The Balaban J connectivity index is 2.89. The molecular weight excluding hydrogens is 232 g/mol. The molecule has 0 aromatic heterocycles. The number of nitrogens with zero attached hydrogens (tertiary/aromatic N) is 1. The van der Waals surface area contributed by atoms with Crippen molar-refractivity contribution >= 4 is 11.4 Å². The Morgan fingerprint density at radius 3 is 2.61 bits per heavy atom. The second-order valence-electron chi connectivity index (χ2n) is 4.77. The van der Waals surface area contributed by atoms with Crippen LogP contribution in [0.5, 0.6) is 0 Å². The number of benzene rings is 1. The SMILES string of the molecule is Cc1ccc(NC(CCO)C(C)C)cc1[N+](=O)[O-]. The third-order valence-corrected chi connectivity index (χ3v) is 3.00. The van der Waals surface area contributed by atoms with E-state index in [4.69, 9.17) is 5.11 Å². The molecule has 1 unspecified atom stereocenters. The van der Waals surface area contributed by atoms with Crippen molar-refractivity contribution in [1.29, 1.82) is 0 Å². The molecule has 0 radical (unpaired) electrons. The summed E-state index contributed by atoms with van der Waals surface area (Å²) < 4.78 is 0. The molecule has 5 nitrogen and oxygen atoms in total. The Hall–Kier alpha value is -1.62. The van der Waals surface area contributed by atoms with Gasteiger partial charge < -0.3 is 10.4 Å². The summed E-state index contributed by atoms with van der Waals surface area (Å²) in [4.78, 5) is 10.5. The molecule has 100 valence electrons. The summed E-state index contributed by atoms with van der Waals surface area (Å²) >= 11 is 0. The maximum Gasteiger partial charge on any atom is 0.274 e. The van der Waals surface area contributed by atoms with Crippen LogP contribution in [0.15, 0.2) is 18.2 Å². The average molecular weight is 252 g/mol. The number of aliphatic hydroxyl groups excluding tert-OH is 1. The van der Waals surface area contributed by atoms with Crippen LogP contribution in [0.2, 0.25) is 0 Å². The van der Waals surface area contributed by atoms with Gasteiger partial charge in [-0.3, -0.25) is 10.1 Å². The van der Waals surface area contributed by atoms with E-state index in [1.807, 2.05) is 6.07 Å². The molecule has 0 fully saturated rings. The summed E-state index contributed by atoms with van der Waals surface area (Å²) in [6, 6.07) is 5.21. The summed E-state index contributed by atoms with van der Waals surface area (Å²) in [5, 5.41) is 23.1. The van der Waals surface area contributed by atoms with Gasteiger partial charge in [-0.2, -0.15) is 0 Å². The number of nitro benzene ring substituents is 1. The van der Waals surface area contributed by atoms with Crippen molar-refractivity contribution in [3.05, 3.63) is 33.9 Å². The number of hydrogen-bond acceptors (Lipinski definition) is 4. The number of hydrogen-bond donors (Lipinski definition) is 2. The van der Waals surface area contributed by atoms with Gasteiger partial charge in [0, 0.05) is 30.0 Å². The van der Waals surface area contributed by atoms with Crippen LogP contribution in [0, 0.1) is 23.0 Å². The van der Waals surface area contributed by atoms with E-state index in [2.05, 4.69) is 19.2 Å². The first-order valence-electron chi connectivity index (χ1n) is 6.08. The van der Waals surface area contributed by atoms with E-state index in [-0.39, 0.29) is 23.3 Å². The van der Waals surface area contributed by atoms with E-state index in [0.717, 1.165) is 5.69 Å². The molecule has 0 aliphatic carbocycles. The highest BCUT2D eigenvalue weighted by Gasteiger charge is 2.15. The third kappa shape index (κ3) is 3.70. The molecule has 0 saturated carbocycles. The molecule has 0 spiro atoms. The van der Waals surface area contributed by atoms with Crippen LogP contribution in [0.1, 0.15) is 25.8 Å². The molecule has 2 N–H and O–H groups in total. The molecule has 5 heteroatoms. The van der Waals surface area contributed by atoms with Crippen molar-refractivity contribution < 1.29 is 10.0 Å². The lowest BCUT2D eigenvalue weighted by Crippen LogP contribution is -2.26. The van der Waals surface area contributed by atoms with Gasteiger partial charge in [-0.15, -0.1) is 0 Å². The first-order chi connectivity index (χ1) is 8.45. The Kier molecular flexibility index (Phi) is 5.09. The van der Waals surface area contributed by atoms with E-state index >= 15 is 0 Å². The molecular formula is C13H20N2O3. The minimum Gasteiger partial charge on any atom is -0.396 e. The smallest absolute Gasteiger partial charge is 0.274 e. The van der Waals surface area contributed by atoms with E-state index in [1.165, 1.54) is 0 Å². The number of anilines is 1. The van der Waals surface area contributed by atoms with Crippen molar-refractivity contribution in [3.63, 3.8) is 0 Å². The van der Waals surface area contributed by atoms with E-state index in [0.29, 0.717) is 17.9 Å². The van der Waals surface area contributed by atoms with E-state index in [1.54, 1.807) is 19.1 Å². The van der Waals surface area contributed by atoms with Crippen molar-refractivity contribution in [2.75, 3.05) is 11.9 Å². The fourth-order valence-corrected chi connectivity index (χ4v) is 1.82. The summed E-state index contributed by atoms with van der Waals surface area (Å²) in [5.74, 6) is 0.345. The fraction of sp³-hybridized carbons (Fsp3) is 0.538. The highest BCUT2D eigenvalue weighted by Crippen LogP contribution is 2.24. The zero-order chi connectivity index (χ0) is 13.7. The topological polar surface area (TPSA) is 75.4 Å². The molecule has 0 aliphatic heterocycles. The lowest BCUT2D eigenvalue weighted by molar-refractivity contribution is -0.385. The van der Waals surface area contributed by atoms with Gasteiger partial charge in [-0.25, -0.2) is 0 Å². The Labute approximate surface area is 107 Å². The maximum absolute atomic E-state index is 10.9. The highest BCUT2D eigenvalue weighted by atomic mass is 16.6. The van der Waals surface area contributed by atoms with Gasteiger partial charge in [-0.05, 0) is 25.3 Å². The predicted molar refractivity (Wildman–Crippen MR) is 71.8 cm³/mol. The summed E-state index contributed by atoms with van der Waals surface area (Å²) in [6.45, 7) is 5.92. The summed E-state index contributed by atoms with van der Waals surface area (Å²) in [5.41, 5.74) is 1.49. The Morgan fingerprint density at radius 1 is 1.44 bits per heavy atom. The fourth-order valence-electron chi connectivity index (χ4n) is 1.82. The molecule has 1 rings (SSSR count). The second-order valence-corrected chi connectivity index (χ2v) is 4.77. The molecule has 1 aromatic rings. The quantitative estimate of drug-likeness (QED) is 0.603. The first-order valence-corrected chi connectivity index (χ1v) is 6.08. The third-order valence-electron chi connectivity index (χ3n) is 3.00. The minimum absolute atomic E-state index is 0.101. The van der Waals surface area contributed by atoms with Crippen LogP contribution in [-0.2, 0) is 0 Å². The number of aryl methyl sites for hydroxylation is 1. The van der Waals surface area contributed by atoms with Crippen molar-refractivity contribution in [1.82, 2.24) is 0 Å². The number of aliphatic hydroxyl groups is 1. The number of rotatable bonds is 6. The Bertz CT molecular complexity index is 419. The summed E-state index contributed by atoms with van der Waals surface area (Å²) in [6.07, 6.45) is 0.624. The van der Waals surface area contributed by atoms with Crippen molar-refractivity contribution in [3.8, 4) is 0 Å². The highest BCUT2D eigenvalue weighted by molar-refractivity contribution is 5.55. The molecule has 18 heavy (non-hydrogen) atoms. The molecule has 0 saturated heterocycles. The first kappa shape index (κ1) is 14.4. The maximum atomic E-state index is 10.9.